The van der Waals surface area contributed by atoms with Crippen LogP contribution in [0, 0.1) is 22.7 Å². The van der Waals surface area contributed by atoms with Gasteiger partial charge in [0.15, 0.2) is 0 Å². The summed E-state index contributed by atoms with van der Waals surface area (Å²) in [5.41, 5.74) is 1.44. The number of nitriles is 1. The number of nitrogens with zero attached hydrogens (tertiary/aromatic N) is 3. The van der Waals surface area contributed by atoms with Gasteiger partial charge in [0.05, 0.1) is 29.5 Å². The SMILES string of the molecule is C[C@]1(CC(=O)O)C[C@@H](c2cccc(Cl)c2)[C@@H](c2ccc(Cl)cc2)N([C@H](CN(Cc2ccccc2C#N)S(=O)O)C2CC2)C1=O. The van der Waals surface area contributed by atoms with Crippen LogP contribution in [0.2, 0.25) is 10.0 Å². The largest absolute Gasteiger partial charge is 0.481 e. The molecule has 0 spiro atoms. The molecule has 1 unspecified atom stereocenters. The number of amides is 1. The number of halogens is 2. The number of hydrogen-bond donors (Lipinski definition) is 2. The van der Waals surface area contributed by atoms with Crippen molar-refractivity contribution in [2.24, 2.45) is 11.3 Å². The van der Waals surface area contributed by atoms with Crippen LogP contribution >= 0.6 is 23.2 Å². The van der Waals surface area contributed by atoms with Gasteiger partial charge in [-0.25, -0.2) is 4.21 Å². The Hall–Kier alpha value is -3.26. The average Bonchev–Trinajstić information content (AvgIpc) is 3.82. The lowest BCUT2D eigenvalue weighted by atomic mass is 9.67. The molecule has 1 aliphatic carbocycles. The van der Waals surface area contributed by atoms with Crippen LogP contribution in [-0.2, 0) is 27.4 Å². The number of hydrogen-bond acceptors (Lipinski definition) is 4. The number of carbonyl (C=O) groups is 2. The van der Waals surface area contributed by atoms with Crippen LogP contribution in [0.15, 0.2) is 72.8 Å². The summed E-state index contributed by atoms with van der Waals surface area (Å²) in [5.74, 6) is -1.68. The zero-order valence-corrected chi connectivity index (χ0v) is 26.4. The van der Waals surface area contributed by atoms with E-state index in [-0.39, 0.29) is 43.7 Å². The van der Waals surface area contributed by atoms with Gasteiger partial charge in [-0.15, -0.1) is 0 Å². The maximum atomic E-state index is 14.7. The molecule has 2 aliphatic rings. The van der Waals surface area contributed by atoms with Gasteiger partial charge in [-0.1, -0.05) is 72.6 Å². The maximum Gasteiger partial charge on any atom is 0.304 e. The minimum Gasteiger partial charge on any atom is -0.481 e. The summed E-state index contributed by atoms with van der Waals surface area (Å²) in [6.45, 7) is 1.77. The van der Waals surface area contributed by atoms with Crippen molar-refractivity contribution >= 4 is 46.3 Å². The van der Waals surface area contributed by atoms with Crippen LogP contribution in [0.3, 0.4) is 0 Å². The number of carboxylic acid groups (broad SMARTS) is 1. The summed E-state index contributed by atoms with van der Waals surface area (Å²) < 4.78 is 24.6. The minimum absolute atomic E-state index is 0.0216. The number of rotatable bonds is 11. The molecule has 8 nitrogen and oxygen atoms in total. The van der Waals surface area contributed by atoms with E-state index in [9.17, 15) is 28.7 Å². The lowest BCUT2D eigenvalue weighted by Crippen LogP contribution is -2.59. The molecular weight excluding hydrogens is 621 g/mol. The Balaban J connectivity index is 1.64. The van der Waals surface area contributed by atoms with E-state index in [2.05, 4.69) is 6.07 Å². The fourth-order valence-corrected chi connectivity index (χ4v) is 7.39. The van der Waals surface area contributed by atoms with E-state index in [1.807, 2.05) is 30.3 Å². The molecule has 2 N–H and O–H groups in total. The highest BCUT2D eigenvalue weighted by atomic mass is 35.5. The molecule has 2 fully saturated rings. The normalized spacial score (nSPS) is 23.3. The lowest BCUT2D eigenvalue weighted by Gasteiger charge is -2.52. The van der Waals surface area contributed by atoms with Crippen molar-refractivity contribution in [2.75, 3.05) is 6.54 Å². The summed E-state index contributed by atoms with van der Waals surface area (Å²) >= 11 is 10.3. The monoisotopic (exact) mass is 653 g/mol. The first kappa shape index (κ1) is 32.1. The van der Waals surface area contributed by atoms with Crippen molar-refractivity contribution in [3.8, 4) is 6.07 Å². The van der Waals surface area contributed by atoms with E-state index in [1.165, 1.54) is 4.31 Å². The van der Waals surface area contributed by atoms with Crippen molar-refractivity contribution in [2.45, 2.75) is 57.2 Å². The molecule has 44 heavy (non-hydrogen) atoms. The summed E-state index contributed by atoms with van der Waals surface area (Å²) in [4.78, 5) is 28.6. The molecular formula is C33H33Cl2N3O5S. The van der Waals surface area contributed by atoms with Crippen LogP contribution in [0.25, 0.3) is 0 Å². The third-order valence-electron chi connectivity index (χ3n) is 8.75. The van der Waals surface area contributed by atoms with Crippen LogP contribution in [-0.4, -0.2) is 47.5 Å². The van der Waals surface area contributed by atoms with Gasteiger partial charge in [0.1, 0.15) is 0 Å². The molecule has 1 heterocycles. The average molecular weight is 655 g/mol. The quantitative estimate of drug-likeness (QED) is 0.219. The van der Waals surface area contributed by atoms with Gasteiger partial charge in [-0.3, -0.25) is 14.1 Å². The molecule has 1 aliphatic heterocycles. The van der Waals surface area contributed by atoms with Crippen LogP contribution in [0.5, 0.6) is 0 Å². The van der Waals surface area contributed by atoms with Gasteiger partial charge >= 0.3 is 5.97 Å². The van der Waals surface area contributed by atoms with Crippen molar-refractivity contribution in [3.63, 3.8) is 0 Å². The van der Waals surface area contributed by atoms with Gasteiger partial charge in [0, 0.05) is 35.1 Å². The predicted octanol–water partition coefficient (Wildman–Crippen LogP) is 6.82. The fraction of sp³-hybridized carbons (Fsp3) is 0.364. The predicted molar refractivity (Wildman–Crippen MR) is 169 cm³/mol. The van der Waals surface area contributed by atoms with E-state index in [0.29, 0.717) is 21.2 Å². The summed E-state index contributed by atoms with van der Waals surface area (Å²) in [7, 11) is 0. The van der Waals surface area contributed by atoms with Crippen molar-refractivity contribution in [1.29, 1.82) is 5.26 Å². The van der Waals surface area contributed by atoms with Crippen LogP contribution in [0.4, 0.5) is 0 Å². The third-order valence-corrected chi connectivity index (χ3v) is 9.96. The molecule has 0 bridgehead atoms. The van der Waals surface area contributed by atoms with Gasteiger partial charge in [-0.2, -0.15) is 9.57 Å². The van der Waals surface area contributed by atoms with Crippen molar-refractivity contribution in [3.05, 3.63) is 105 Å². The van der Waals surface area contributed by atoms with E-state index in [1.54, 1.807) is 54.3 Å². The molecule has 5 rings (SSSR count). The highest BCUT2D eigenvalue weighted by molar-refractivity contribution is 7.76. The van der Waals surface area contributed by atoms with E-state index < -0.39 is 34.7 Å². The molecule has 5 atom stereocenters. The highest BCUT2D eigenvalue weighted by Crippen LogP contribution is 2.54. The van der Waals surface area contributed by atoms with Gasteiger partial charge in [0.2, 0.25) is 17.2 Å². The Labute approximate surface area is 269 Å². The first-order valence-corrected chi connectivity index (χ1v) is 16.2. The van der Waals surface area contributed by atoms with Crippen molar-refractivity contribution in [1.82, 2.24) is 9.21 Å². The molecule has 1 saturated heterocycles. The van der Waals surface area contributed by atoms with Crippen LogP contribution < -0.4 is 0 Å². The summed E-state index contributed by atoms with van der Waals surface area (Å²) in [6, 6.07) is 22.7. The Bertz CT molecular complexity index is 1610. The number of carbonyl (C=O) groups excluding carboxylic acids is 1. The topological polar surface area (TPSA) is 122 Å². The molecule has 0 radical (unpaired) electrons. The second-order valence-electron chi connectivity index (χ2n) is 11.9. The maximum absolute atomic E-state index is 14.7. The van der Waals surface area contributed by atoms with Gasteiger partial charge in [-0.05, 0) is 72.2 Å². The summed E-state index contributed by atoms with van der Waals surface area (Å²) in [6.07, 6.45) is 1.54. The molecule has 1 amide bonds. The number of aliphatic carboxylic acids is 1. The Morgan fingerprint density at radius 1 is 1.09 bits per heavy atom. The number of carboxylic acids is 1. The Morgan fingerprint density at radius 2 is 1.80 bits per heavy atom. The Kier molecular flexibility index (Phi) is 9.78. The number of likely N-dealkylation sites (tertiary alicyclic amines) is 1. The number of piperidine rings is 1. The molecule has 0 aromatic heterocycles. The second-order valence-corrected chi connectivity index (χ2v) is 13.8. The smallest absolute Gasteiger partial charge is 0.304 e. The number of benzene rings is 3. The lowest BCUT2D eigenvalue weighted by molar-refractivity contribution is -0.161. The van der Waals surface area contributed by atoms with Crippen LogP contribution in [0.1, 0.15) is 66.8 Å². The van der Waals surface area contributed by atoms with E-state index in [4.69, 9.17) is 23.2 Å². The zero-order chi connectivity index (χ0) is 31.6. The second kappa shape index (κ2) is 13.4. The van der Waals surface area contributed by atoms with Crippen molar-refractivity contribution < 1.29 is 23.5 Å². The summed E-state index contributed by atoms with van der Waals surface area (Å²) in [5, 5.41) is 20.6. The van der Waals surface area contributed by atoms with E-state index in [0.717, 1.165) is 24.0 Å². The highest BCUT2D eigenvalue weighted by Gasteiger charge is 2.54. The fourth-order valence-electron chi connectivity index (χ4n) is 6.54. The zero-order valence-electron chi connectivity index (χ0n) is 24.1. The molecule has 230 valence electrons. The molecule has 3 aromatic carbocycles. The van der Waals surface area contributed by atoms with E-state index >= 15 is 0 Å². The molecule has 3 aromatic rings. The standard InChI is InChI=1S/C33H33Cl2N3O5S/c1-33(17-30(39)40)16-28(23-7-4-8-27(35)15-23)31(22-11-13-26(34)14-12-22)38(32(33)41)29(21-9-10-21)20-37(44(42)43)19-25-6-3-2-5-24(25)18-36/h2-8,11-15,21,28-29,31H,9-10,16-17,19-20H2,1H3,(H,39,40)(H,42,43)/t28-,29+,31+,33+/m0/s1. The molecule has 1 saturated carbocycles. The first-order valence-electron chi connectivity index (χ1n) is 14.4. The Morgan fingerprint density at radius 3 is 2.41 bits per heavy atom. The first-order chi connectivity index (χ1) is 21.0. The van der Waals surface area contributed by atoms with Gasteiger partial charge in [0.25, 0.3) is 0 Å². The third kappa shape index (κ3) is 7.01. The minimum atomic E-state index is -2.42. The van der Waals surface area contributed by atoms with Gasteiger partial charge < -0.3 is 10.0 Å². The molecule has 11 heteroatoms.